The van der Waals surface area contributed by atoms with Crippen molar-refractivity contribution in [1.82, 2.24) is 24.5 Å². The number of hydrogen-bond donors (Lipinski definition) is 4. The fourth-order valence-corrected chi connectivity index (χ4v) is 5.57. The maximum Gasteiger partial charge on any atom is 0.346 e. The number of rotatable bonds is 5. The number of carbonyl (C=O) groups is 1. The summed E-state index contributed by atoms with van der Waals surface area (Å²) in [5.74, 6) is -0.893. The van der Waals surface area contributed by atoms with Crippen molar-refractivity contribution in [2.75, 3.05) is 7.05 Å². The number of nitriles is 2. The van der Waals surface area contributed by atoms with E-state index in [4.69, 9.17) is 11.0 Å². The van der Waals surface area contributed by atoms with Crippen LogP contribution in [0.25, 0.3) is 16.6 Å². The molecule has 2 unspecified atom stereocenters. The number of pyridine rings is 1. The largest absolute Gasteiger partial charge is 0.346 e. The summed E-state index contributed by atoms with van der Waals surface area (Å²) in [6.07, 6.45) is 4.95. The van der Waals surface area contributed by atoms with Crippen molar-refractivity contribution < 1.29 is 24.5 Å². The zero-order chi connectivity index (χ0) is 30.2. The van der Waals surface area contributed by atoms with Crippen molar-refractivity contribution in [2.45, 2.75) is 43.4 Å². The Labute approximate surface area is 239 Å². The smallest absolute Gasteiger partial charge is 0.330 e. The lowest BCUT2D eigenvalue weighted by Gasteiger charge is -2.31. The predicted octanol–water partition coefficient (Wildman–Crippen LogP) is 1.96. The van der Waals surface area contributed by atoms with Gasteiger partial charge in [-0.1, -0.05) is 12.1 Å². The number of aliphatic hydroxyl groups is 3. The summed E-state index contributed by atoms with van der Waals surface area (Å²) in [7, 11) is 1.30. The molecule has 2 aliphatic carbocycles. The second kappa shape index (κ2) is 11.3. The third-order valence-corrected chi connectivity index (χ3v) is 7.82. The van der Waals surface area contributed by atoms with Gasteiger partial charge in [0, 0.05) is 52.5 Å². The van der Waals surface area contributed by atoms with Gasteiger partial charge in [-0.15, -0.1) is 0 Å². The van der Waals surface area contributed by atoms with Crippen molar-refractivity contribution in [3.8, 4) is 23.3 Å². The summed E-state index contributed by atoms with van der Waals surface area (Å²) in [5.41, 5.74) is 8.50. The lowest BCUT2D eigenvalue weighted by atomic mass is 9.82. The average Bonchev–Trinajstić information content (AvgIpc) is 3.51. The van der Waals surface area contributed by atoms with E-state index in [-0.39, 0.29) is 23.5 Å². The third-order valence-electron chi connectivity index (χ3n) is 7.82. The number of nitrogens with two attached hydrogens (primary N) is 1. The van der Waals surface area contributed by atoms with Crippen LogP contribution in [0.1, 0.15) is 64.0 Å². The van der Waals surface area contributed by atoms with Crippen LogP contribution in [0.3, 0.4) is 0 Å². The van der Waals surface area contributed by atoms with Gasteiger partial charge in [-0.25, -0.2) is 23.8 Å². The number of halogens is 1. The summed E-state index contributed by atoms with van der Waals surface area (Å²) in [6, 6.07) is 10.1. The Morgan fingerprint density at radius 1 is 1.17 bits per heavy atom. The Bertz CT molecular complexity index is 1720. The van der Waals surface area contributed by atoms with Crippen LogP contribution in [0.15, 0.2) is 49.2 Å². The van der Waals surface area contributed by atoms with Crippen molar-refractivity contribution in [3.63, 3.8) is 0 Å². The predicted molar refractivity (Wildman–Crippen MR) is 145 cm³/mol. The van der Waals surface area contributed by atoms with Crippen LogP contribution >= 0.6 is 0 Å². The fraction of sp³-hybridized carbons (Fsp3) is 0.310. The molecule has 3 heterocycles. The van der Waals surface area contributed by atoms with E-state index in [1.165, 1.54) is 36.5 Å². The molecule has 2 atom stereocenters. The Kier molecular flexibility index (Phi) is 7.79. The van der Waals surface area contributed by atoms with E-state index in [2.05, 4.69) is 27.2 Å². The van der Waals surface area contributed by atoms with Gasteiger partial charge in [0.1, 0.15) is 18.4 Å². The summed E-state index contributed by atoms with van der Waals surface area (Å²) in [5, 5.41) is 52.0. The Hall–Kier alpha value is -4.63. The molecule has 0 aliphatic heterocycles. The Morgan fingerprint density at radius 3 is 2.45 bits per heavy atom. The van der Waals surface area contributed by atoms with Crippen molar-refractivity contribution in [3.05, 3.63) is 82.9 Å². The highest BCUT2D eigenvalue weighted by molar-refractivity contribution is 5.81. The molecule has 12 nitrogen and oxygen atoms in total. The highest BCUT2D eigenvalue weighted by Gasteiger charge is 2.45. The molecule has 1 fully saturated rings. The molecule has 214 valence electrons. The average molecular weight is 571 g/mol. The van der Waals surface area contributed by atoms with Gasteiger partial charge in [0.25, 0.3) is 0 Å². The van der Waals surface area contributed by atoms with E-state index >= 15 is 4.39 Å². The second-order valence-electron chi connectivity index (χ2n) is 10.4. The lowest BCUT2D eigenvalue weighted by Crippen LogP contribution is -2.47. The van der Waals surface area contributed by atoms with Crippen LogP contribution in [0.5, 0.6) is 0 Å². The van der Waals surface area contributed by atoms with Crippen LogP contribution in [0.4, 0.5) is 4.39 Å². The van der Waals surface area contributed by atoms with Gasteiger partial charge in [0.2, 0.25) is 0 Å². The van der Waals surface area contributed by atoms with Gasteiger partial charge in [-0.3, -0.25) is 4.79 Å². The highest BCUT2D eigenvalue weighted by atomic mass is 19.1. The van der Waals surface area contributed by atoms with E-state index in [9.17, 15) is 25.4 Å². The van der Waals surface area contributed by atoms with Gasteiger partial charge in [0.15, 0.2) is 0 Å². The van der Waals surface area contributed by atoms with Gasteiger partial charge >= 0.3 is 6.10 Å². The molecule has 0 spiro atoms. The zero-order valence-corrected chi connectivity index (χ0v) is 22.5. The first-order valence-corrected chi connectivity index (χ1v) is 13.1. The molecule has 5 N–H and O–H groups in total. The molecule has 3 aromatic heterocycles. The number of carbonyl (C=O) groups excluding carboxylic acids is 1. The molecular formula is C29H27FN8O4. The van der Waals surface area contributed by atoms with E-state index < -0.39 is 23.9 Å². The lowest BCUT2D eigenvalue weighted by molar-refractivity contribution is -0.396. The minimum absolute atomic E-state index is 0.175. The van der Waals surface area contributed by atoms with E-state index in [0.717, 1.165) is 17.7 Å². The minimum Gasteiger partial charge on any atom is -0.330 e. The molecular weight excluding hydrogens is 543 g/mol. The van der Waals surface area contributed by atoms with Crippen LogP contribution in [-0.4, -0.2) is 65.3 Å². The number of fused-ring (bicyclic) bond motifs is 3. The Balaban J connectivity index is 0.000000442. The minimum atomic E-state index is -3.16. The second-order valence-corrected chi connectivity index (χ2v) is 10.4. The first-order valence-electron chi connectivity index (χ1n) is 13.1. The number of aldehydes is 1. The van der Waals surface area contributed by atoms with Crippen LogP contribution < -0.4 is 5.73 Å². The van der Waals surface area contributed by atoms with Crippen LogP contribution in [0.2, 0.25) is 0 Å². The number of aromatic nitrogens is 4. The number of nitrogens with zero attached hydrogens (tertiary/aromatic N) is 7. The molecule has 6 rings (SSSR count). The van der Waals surface area contributed by atoms with Crippen LogP contribution in [-0.2, 0) is 0 Å². The summed E-state index contributed by atoms with van der Waals surface area (Å²) >= 11 is 0. The monoisotopic (exact) mass is 570 g/mol. The van der Waals surface area contributed by atoms with E-state index in [1.807, 2.05) is 0 Å². The number of benzene rings is 1. The molecule has 1 aromatic carbocycles. The molecule has 0 radical (unpaired) electrons. The number of hydrogen-bond acceptors (Lipinski definition) is 11. The van der Waals surface area contributed by atoms with Crippen molar-refractivity contribution in [1.29, 1.82) is 10.5 Å². The van der Waals surface area contributed by atoms with Gasteiger partial charge in [0.05, 0.1) is 41.2 Å². The summed E-state index contributed by atoms with van der Waals surface area (Å²) < 4.78 is 16.4. The molecule has 4 aromatic rings. The molecule has 13 heteroatoms. The molecule has 2 aliphatic rings. The third kappa shape index (κ3) is 5.23. The topological polar surface area (TPSA) is 198 Å². The maximum absolute atomic E-state index is 15.0. The molecule has 42 heavy (non-hydrogen) atoms. The first-order chi connectivity index (χ1) is 20.1. The highest BCUT2D eigenvalue weighted by Crippen LogP contribution is 2.50. The first kappa shape index (κ1) is 28.9. The quantitative estimate of drug-likeness (QED) is 0.202. The van der Waals surface area contributed by atoms with Crippen molar-refractivity contribution in [2.24, 2.45) is 11.7 Å². The standard InChI is InChI=1S/C24H19FN6O4.C5H8N2/c1-30(24(33,34)35)20-6-17(21-13(7-26)3-2-4-14(21)11-32)22-19-5-16(15-8-27-12-28-9-15)18(25)10-31(19)29-23(20)22;6-3-4-1-5(7)2-4/h2-5,8-12,17,20,33-35H,6H2,1H3;4-5H,1-2,7H2. The fourth-order valence-electron chi connectivity index (χ4n) is 5.57. The van der Waals surface area contributed by atoms with Gasteiger partial charge in [-0.05, 0) is 44.0 Å². The molecule has 0 saturated heterocycles. The van der Waals surface area contributed by atoms with Gasteiger partial charge < -0.3 is 21.1 Å². The Morgan fingerprint density at radius 2 is 1.88 bits per heavy atom. The molecule has 0 amide bonds. The molecule has 0 bridgehead atoms. The van der Waals surface area contributed by atoms with E-state index in [1.54, 1.807) is 24.3 Å². The normalized spacial score (nSPS) is 21.1. The van der Waals surface area contributed by atoms with Crippen LogP contribution in [0, 0.1) is 34.4 Å². The van der Waals surface area contributed by atoms with E-state index in [0.29, 0.717) is 45.8 Å². The molecule has 1 saturated carbocycles. The van der Waals surface area contributed by atoms with Gasteiger partial charge in [-0.2, -0.15) is 15.6 Å². The summed E-state index contributed by atoms with van der Waals surface area (Å²) in [6.45, 7) is 0. The SMILES string of the molecule is CN(C1CC(c2c(C#N)cccc2C=O)c2c1nn1cc(F)c(-c3cncnc3)cc21)C(O)(O)O.N#CC1CC(N)C1. The zero-order valence-electron chi connectivity index (χ0n) is 22.5. The van der Waals surface area contributed by atoms with Crippen molar-refractivity contribution >= 4 is 11.8 Å². The maximum atomic E-state index is 15.0. The summed E-state index contributed by atoms with van der Waals surface area (Å²) in [4.78, 5) is 20.7.